The summed E-state index contributed by atoms with van der Waals surface area (Å²) in [5.41, 5.74) is 0.916. The van der Waals surface area contributed by atoms with E-state index in [9.17, 15) is 9.90 Å². The minimum absolute atomic E-state index is 0. The van der Waals surface area contributed by atoms with E-state index in [2.05, 4.69) is 15.3 Å². The summed E-state index contributed by atoms with van der Waals surface area (Å²) in [5.74, 6) is 0.558. The second-order valence-electron chi connectivity index (χ2n) is 4.11. The van der Waals surface area contributed by atoms with Crippen molar-refractivity contribution in [2.75, 3.05) is 0 Å². The van der Waals surface area contributed by atoms with Crippen LogP contribution in [0.15, 0.2) is 10.9 Å². The molecule has 0 aromatic carbocycles. The maximum absolute atomic E-state index is 11.5. The molecule has 0 spiro atoms. The van der Waals surface area contributed by atoms with Gasteiger partial charge in [0.2, 0.25) is 0 Å². The number of rotatable bonds is 2. The third kappa shape index (κ3) is 3.03. The van der Waals surface area contributed by atoms with E-state index in [0.717, 1.165) is 5.69 Å². The summed E-state index contributed by atoms with van der Waals surface area (Å²) in [4.78, 5) is 11.5. The third-order valence-electron chi connectivity index (χ3n) is 2.42. The van der Waals surface area contributed by atoms with Gasteiger partial charge >= 0.3 is 29.6 Å². The van der Waals surface area contributed by atoms with Crippen molar-refractivity contribution in [3.8, 4) is 0 Å². The van der Waals surface area contributed by atoms with Gasteiger partial charge in [0.25, 0.3) is 5.56 Å². The Morgan fingerprint density at radius 3 is 2.50 bits per heavy atom. The SMILES string of the molecule is CC(C)c1cc2c(=O)[nH]nc(C(C)O)n2n1.[BH4-].[Na+]. The van der Waals surface area contributed by atoms with Gasteiger partial charge in [0, 0.05) is 0 Å². The van der Waals surface area contributed by atoms with Crippen LogP contribution in [0.1, 0.15) is 44.3 Å². The summed E-state index contributed by atoms with van der Waals surface area (Å²) in [6, 6.07) is 1.72. The molecule has 0 saturated heterocycles. The van der Waals surface area contributed by atoms with E-state index in [1.54, 1.807) is 13.0 Å². The summed E-state index contributed by atoms with van der Waals surface area (Å²) in [5, 5.41) is 19.9. The van der Waals surface area contributed by atoms with Crippen molar-refractivity contribution in [1.82, 2.24) is 19.8 Å². The number of aromatic nitrogens is 4. The van der Waals surface area contributed by atoms with Gasteiger partial charge in [0.1, 0.15) is 11.6 Å². The number of nitrogens with zero attached hydrogens (tertiary/aromatic N) is 3. The molecule has 2 rings (SSSR count). The van der Waals surface area contributed by atoms with Crippen molar-refractivity contribution in [1.29, 1.82) is 0 Å². The number of aliphatic hydroxyl groups is 1. The van der Waals surface area contributed by atoms with Crippen molar-refractivity contribution in [3.05, 3.63) is 27.9 Å². The van der Waals surface area contributed by atoms with Crippen LogP contribution < -0.4 is 35.1 Å². The van der Waals surface area contributed by atoms with Crippen molar-refractivity contribution >= 4 is 13.9 Å². The standard InChI is InChI=1S/C10H14N4O2.BH4.Na/c1-5(2)7-4-8-10(16)12-11-9(6(3)15)14(8)13-7;;/h4-6,15H,1-3H3,(H,12,16);1H4;/q;-1;+1. The summed E-state index contributed by atoms with van der Waals surface area (Å²) in [6.45, 7) is 5.56. The quantitative estimate of drug-likeness (QED) is 0.541. The number of H-pyrrole nitrogens is 1. The minimum atomic E-state index is -0.778. The Balaban J connectivity index is 0.00000144. The van der Waals surface area contributed by atoms with Crippen molar-refractivity contribution < 1.29 is 34.7 Å². The molecule has 0 radical (unpaired) electrons. The molecule has 2 aromatic heterocycles. The van der Waals surface area contributed by atoms with E-state index in [4.69, 9.17) is 0 Å². The van der Waals surface area contributed by atoms with Gasteiger partial charge in [-0.1, -0.05) is 22.3 Å². The Bertz CT molecular complexity index is 579. The normalized spacial score (nSPS) is 12.1. The summed E-state index contributed by atoms with van der Waals surface area (Å²) >= 11 is 0. The van der Waals surface area contributed by atoms with Crippen molar-refractivity contribution in [3.63, 3.8) is 0 Å². The molecule has 0 aliphatic heterocycles. The van der Waals surface area contributed by atoms with Crippen LogP contribution in [0.3, 0.4) is 0 Å². The molecule has 0 fully saturated rings. The van der Waals surface area contributed by atoms with Crippen LogP contribution >= 0.6 is 0 Å². The number of hydrogen-bond donors (Lipinski definition) is 2. The molecule has 18 heavy (non-hydrogen) atoms. The number of aliphatic hydroxyl groups excluding tert-OH is 1. The zero-order chi connectivity index (χ0) is 11.9. The minimum Gasteiger partial charge on any atom is -0.385 e. The number of fused-ring (bicyclic) bond motifs is 1. The van der Waals surface area contributed by atoms with E-state index >= 15 is 0 Å². The molecule has 0 amide bonds. The first-order valence-electron chi connectivity index (χ1n) is 5.17. The first-order valence-corrected chi connectivity index (χ1v) is 5.17. The monoisotopic (exact) mass is 260 g/mol. The maximum atomic E-state index is 11.5. The van der Waals surface area contributed by atoms with Gasteiger partial charge < -0.3 is 5.11 Å². The molecule has 0 bridgehead atoms. The van der Waals surface area contributed by atoms with Crippen LogP contribution in [0.4, 0.5) is 0 Å². The van der Waals surface area contributed by atoms with Crippen LogP contribution in [0.5, 0.6) is 0 Å². The molecule has 94 valence electrons. The van der Waals surface area contributed by atoms with Crippen LogP contribution in [-0.4, -0.2) is 33.3 Å². The summed E-state index contributed by atoms with van der Waals surface area (Å²) < 4.78 is 1.40. The van der Waals surface area contributed by atoms with Gasteiger partial charge in [-0.2, -0.15) is 10.2 Å². The molecule has 2 N–H and O–H groups in total. The summed E-state index contributed by atoms with van der Waals surface area (Å²) in [7, 11) is 0. The van der Waals surface area contributed by atoms with Gasteiger partial charge in [-0.25, -0.2) is 9.61 Å². The average molecular weight is 260 g/mol. The molecule has 8 heteroatoms. The van der Waals surface area contributed by atoms with E-state index in [1.807, 2.05) is 13.8 Å². The first kappa shape index (κ1) is 17.4. The molecule has 0 saturated carbocycles. The third-order valence-corrected chi connectivity index (χ3v) is 2.42. The smallest absolute Gasteiger partial charge is 0.385 e. The molecule has 0 aliphatic carbocycles. The maximum Gasteiger partial charge on any atom is 1.00 e. The van der Waals surface area contributed by atoms with Crippen LogP contribution in [-0.2, 0) is 0 Å². The number of nitrogens with one attached hydrogen (secondary N) is 1. The molecular formula is C10H18BN4NaO2. The van der Waals surface area contributed by atoms with Gasteiger partial charge in [-0.15, -0.1) is 0 Å². The molecule has 6 nitrogen and oxygen atoms in total. The van der Waals surface area contributed by atoms with Gasteiger partial charge in [0.15, 0.2) is 5.82 Å². The fourth-order valence-electron chi connectivity index (χ4n) is 1.50. The first-order chi connectivity index (χ1) is 7.50. The molecule has 1 atom stereocenters. The van der Waals surface area contributed by atoms with Gasteiger partial charge in [-0.05, 0) is 18.9 Å². The van der Waals surface area contributed by atoms with Gasteiger partial charge in [0.05, 0.1) is 5.69 Å². The van der Waals surface area contributed by atoms with Crippen molar-refractivity contribution in [2.24, 2.45) is 0 Å². The molecule has 2 heterocycles. The predicted octanol–water partition coefficient (Wildman–Crippen LogP) is -3.85. The van der Waals surface area contributed by atoms with E-state index in [1.165, 1.54) is 4.52 Å². The van der Waals surface area contributed by atoms with Crippen LogP contribution in [0, 0.1) is 0 Å². The summed E-state index contributed by atoms with van der Waals surface area (Å²) in [6.07, 6.45) is -0.778. The fourth-order valence-corrected chi connectivity index (χ4v) is 1.50. The Labute approximate surface area is 129 Å². The Kier molecular flexibility index (Phi) is 6.29. The Hall–Kier alpha value is -0.625. The second kappa shape index (κ2) is 6.52. The van der Waals surface area contributed by atoms with E-state index < -0.39 is 6.10 Å². The van der Waals surface area contributed by atoms with Crippen molar-refractivity contribution in [2.45, 2.75) is 32.8 Å². The molecule has 1 unspecified atom stereocenters. The molecule has 0 aliphatic rings. The Morgan fingerprint density at radius 2 is 2.00 bits per heavy atom. The number of aromatic amines is 1. The average Bonchev–Trinajstić information content (AvgIpc) is 2.62. The number of hydrogen-bond acceptors (Lipinski definition) is 4. The topological polar surface area (TPSA) is 83.3 Å². The van der Waals surface area contributed by atoms with E-state index in [0.29, 0.717) is 11.3 Å². The zero-order valence-corrected chi connectivity index (χ0v) is 12.4. The largest absolute Gasteiger partial charge is 1.00 e. The zero-order valence-electron chi connectivity index (χ0n) is 10.4. The fraction of sp³-hybridized carbons (Fsp3) is 0.500. The van der Waals surface area contributed by atoms with Gasteiger partial charge in [-0.3, -0.25) is 4.79 Å². The Morgan fingerprint density at radius 1 is 1.39 bits per heavy atom. The van der Waals surface area contributed by atoms with E-state index in [-0.39, 0.29) is 49.4 Å². The van der Waals surface area contributed by atoms with Crippen LogP contribution in [0.25, 0.3) is 5.52 Å². The molecule has 2 aromatic rings. The van der Waals surface area contributed by atoms with Crippen LogP contribution in [0.2, 0.25) is 0 Å². The second-order valence-corrected chi connectivity index (χ2v) is 4.11. The predicted molar refractivity (Wildman–Crippen MR) is 69.7 cm³/mol. The molecular weight excluding hydrogens is 242 g/mol.